The highest BCUT2D eigenvalue weighted by atomic mass is 16.5. The second kappa shape index (κ2) is 26.9. The monoisotopic (exact) mass is 918 g/mol. The van der Waals surface area contributed by atoms with Crippen LogP contribution in [0.1, 0.15) is 78.2 Å². The van der Waals surface area contributed by atoms with Crippen molar-refractivity contribution in [2.45, 2.75) is 103 Å². The first kappa shape index (κ1) is 51.9. The molecule has 14 heteroatoms. The van der Waals surface area contributed by atoms with Gasteiger partial charge in [-0.15, -0.1) is 0 Å². The number of hydrogen-bond donors (Lipinski definition) is 7. The Balaban J connectivity index is 1.35. The summed E-state index contributed by atoms with van der Waals surface area (Å²) in [4.78, 5) is 55.6. The highest BCUT2D eigenvalue weighted by Crippen LogP contribution is 2.45. The third-order valence-electron chi connectivity index (χ3n) is 11.4. The molecule has 0 unspecified atom stereocenters. The van der Waals surface area contributed by atoms with Crippen molar-refractivity contribution in [2.75, 3.05) is 32.9 Å². The van der Waals surface area contributed by atoms with Gasteiger partial charge >= 0.3 is 5.97 Å². The van der Waals surface area contributed by atoms with Gasteiger partial charge in [0.15, 0.2) is 6.61 Å². The molecular weight excluding hydrogens is 847 g/mol. The van der Waals surface area contributed by atoms with E-state index in [1.54, 1.807) is 0 Å². The number of rotatable bonds is 28. The fourth-order valence-electron chi connectivity index (χ4n) is 7.89. The van der Waals surface area contributed by atoms with E-state index in [0.29, 0.717) is 69.2 Å². The smallest absolute Gasteiger partial charge is 0.328 e. The molecule has 0 aliphatic carbocycles. The first-order valence-electron chi connectivity index (χ1n) is 23.7. The molecule has 0 heterocycles. The Bertz CT molecular complexity index is 2360. The van der Waals surface area contributed by atoms with Gasteiger partial charge in [-0.3, -0.25) is 19.7 Å². The second-order valence-corrected chi connectivity index (χ2v) is 17.8. The third-order valence-corrected chi connectivity index (χ3v) is 11.4. The molecule has 0 aliphatic rings. The van der Waals surface area contributed by atoms with E-state index in [-0.39, 0.29) is 25.4 Å². The number of carbonyl (C=O) groups excluding carboxylic acids is 4. The van der Waals surface area contributed by atoms with Crippen molar-refractivity contribution in [3.8, 4) is 22.6 Å². The SMILES string of the molecule is CC(C)CCOc1ccc2ccccc2c1-c1c(OCC(=O)N[C@H](CCCCN)C(=O)N[C@H](CCCNC(N)N)C(=O)N[C@@H](CC(C)C)C(=O)OCCc2ccccc2)ccc2ccccc12. The van der Waals surface area contributed by atoms with Crippen molar-refractivity contribution in [3.63, 3.8) is 0 Å². The number of fused-ring (bicyclic) bond motifs is 2. The van der Waals surface area contributed by atoms with Gasteiger partial charge in [0.2, 0.25) is 11.8 Å². The molecule has 360 valence electrons. The number of unbranched alkanes of at least 4 members (excludes halogenated alkanes) is 1. The molecule has 0 saturated heterocycles. The lowest BCUT2D eigenvalue weighted by atomic mass is 9.92. The van der Waals surface area contributed by atoms with E-state index in [9.17, 15) is 19.2 Å². The van der Waals surface area contributed by atoms with E-state index in [4.69, 9.17) is 31.4 Å². The minimum atomic E-state index is -1.07. The normalized spacial score (nSPS) is 12.8. The van der Waals surface area contributed by atoms with Crippen LogP contribution in [-0.2, 0) is 30.3 Å². The fraction of sp³-hybridized carbons (Fsp3) is 0.434. The Morgan fingerprint density at radius 3 is 1.75 bits per heavy atom. The molecular formula is C53H71N7O7. The number of benzene rings is 5. The van der Waals surface area contributed by atoms with E-state index in [0.717, 1.165) is 44.7 Å². The molecule has 3 amide bonds. The highest BCUT2D eigenvalue weighted by Gasteiger charge is 2.31. The van der Waals surface area contributed by atoms with E-state index in [1.165, 1.54) is 0 Å². The summed E-state index contributed by atoms with van der Waals surface area (Å²) < 4.78 is 18.5. The van der Waals surface area contributed by atoms with Gasteiger partial charge in [-0.25, -0.2) is 4.79 Å². The van der Waals surface area contributed by atoms with Gasteiger partial charge in [0.05, 0.1) is 13.2 Å². The van der Waals surface area contributed by atoms with Crippen molar-refractivity contribution < 1.29 is 33.4 Å². The van der Waals surface area contributed by atoms with Gasteiger partial charge in [0.25, 0.3) is 5.91 Å². The Morgan fingerprint density at radius 1 is 0.582 bits per heavy atom. The van der Waals surface area contributed by atoms with Crippen molar-refractivity contribution in [1.29, 1.82) is 0 Å². The first-order chi connectivity index (χ1) is 32.3. The molecule has 0 radical (unpaired) electrons. The van der Waals surface area contributed by atoms with Gasteiger partial charge < -0.3 is 47.4 Å². The van der Waals surface area contributed by atoms with Crippen LogP contribution >= 0.6 is 0 Å². The van der Waals surface area contributed by atoms with Crippen molar-refractivity contribution in [2.24, 2.45) is 29.0 Å². The van der Waals surface area contributed by atoms with E-state index in [1.807, 2.05) is 105 Å². The summed E-state index contributed by atoms with van der Waals surface area (Å²) in [5.74, 6) is -0.540. The number of ether oxygens (including phenoxy) is 3. The van der Waals surface area contributed by atoms with Crippen LogP contribution in [0, 0.1) is 11.8 Å². The minimum Gasteiger partial charge on any atom is -0.493 e. The zero-order valence-corrected chi connectivity index (χ0v) is 39.6. The zero-order chi connectivity index (χ0) is 48.1. The molecule has 0 bridgehead atoms. The first-order valence-corrected chi connectivity index (χ1v) is 23.7. The van der Waals surface area contributed by atoms with Crippen LogP contribution in [0.15, 0.2) is 103 Å². The maximum Gasteiger partial charge on any atom is 0.328 e. The number of amides is 3. The second-order valence-electron chi connectivity index (χ2n) is 17.8. The molecule has 5 aromatic rings. The van der Waals surface area contributed by atoms with Crippen LogP contribution in [0.2, 0.25) is 0 Å². The van der Waals surface area contributed by atoms with Gasteiger partial charge in [-0.1, -0.05) is 119 Å². The molecule has 67 heavy (non-hydrogen) atoms. The molecule has 14 nitrogen and oxygen atoms in total. The molecule has 0 fully saturated rings. The number of carbonyl (C=O) groups is 4. The van der Waals surface area contributed by atoms with Crippen LogP contribution in [-0.4, -0.2) is 81.0 Å². The number of nitrogens with one attached hydrogen (secondary N) is 4. The summed E-state index contributed by atoms with van der Waals surface area (Å²) in [6.07, 6.45) is 2.95. The van der Waals surface area contributed by atoms with Gasteiger partial charge in [-0.05, 0) is 109 Å². The fourth-order valence-corrected chi connectivity index (χ4v) is 7.89. The van der Waals surface area contributed by atoms with Gasteiger partial charge in [0.1, 0.15) is 35.9 Å². The van der Waals surface area contributed by atoms with Crippen LogP contribution in [0.3, 0.4) is 0 Å². The Kier molecular flexibility index (Phi) is 20.9. The summed E-state index contributed by atoms with van der Waals surface area (Å²) in [7, 11) is 0. The van der Waals surface area contributed by atoms with Crippen molar-refractivity contribution in [3.05, 3.63) is 109 Å². The molecule has 3 atom stereocenters. The lowest BCUT2D eigenvalue weighted by Crippen LogP contribution is -2.56. The maximum absolute atomic E-state index is 14.2. The summed E-state index contributed by atoms with van der Waals surface area (Å²) in [6, 6.07) is 30.6. The average Bonchev–Trinajstić information content (AvgIpc) is 3.31. The number of hydrogen-bond acceptors (Lipinski definition) is 11. The molecule has 5 aromatic carbocycles. The average molecular weight is 918 g/mol. The van der Waals surface area contributed by atoms with Crippen LogP contribution in [0.25, 0.3) is 32.7 Å². The Hall–Kier alpha value is -6.06. The molecule has 0 saturated carbocycles. The Morgan fingerprint density at radius 2 is 1.15 bits per heavy atom. The Labute approximate surface area is 395 Å². The molecule has 10 N–H and O–H groups in total. The molecule has 0 aliphatic heterocycles. The largest absolute Gasteiger partial charge is 0.493 e. The van der Waals surface area contributed by atoms with E-state index >= 15 is 0 Å². The highest BCUT2D eigenvalue weighted by molar-refractivity contribution is 6.10. The van der Waals surface area contributed by atoms with Gasteiger partial charge in [-0.2, -0.15) is 0 Å². The zero-order valence-electron chi connectivity index (χ0n) is 39.6. The summed E-state index contributed by atoms with van der Waals surface area (Å²) >= 11 is 0. The summed E-state index contributed by atoms with van der Waals surface area (Å²) in [6.45, 7) is 9.24. The molecule has 0 spiro atoms. The topological polar surface area (TPSA) is 222 Å². The quantitative estimate of drug-likeness (QED) is 0.0164. The summed E-state index contributed by atoms with van der Waals surface area (Å²) in [5.41, 5.74) is 19.9. The lowest BCUT2D eigenvalue weighted by molar-refractivity contribution is -0.148. The van der Waals surface area contributed by atoms with E-state index in [2.05, 4.69) is 47.2 Å². The number of nitrogens with two attached hydrogens (primary N) is 3. The predicted molar refractivity (Wildman–Crippen MR) is 266 cm³/mol. The molecule has 5 rings (SSSR count). The minimum absolute atomic E-state index is 0.0439. The molecule has 0 aromatic heterocycles. The van der Waals surface area contributed by atoms with Crippen LogP contribution in [0.4, 0.5) is 0 Å². The lowest BCUT2D eigenvalue weighted by Gasteiger charge is -2.26. The maximum atomic E-state index is 14.2. The van der Waals surface area contributed by atoms with Gasteiger partial charge in [0, 0.05) is 17.5 Å². The van der Waals surface area contributed by atoms with E-state index < -0.39 is 54.7 Å². The van der Waals surface area contributed by atoms with Crippen LogP contribution in [0.5, 0.6) is 11.5 Å². The predicted octanol–water partition coefficient (Wildman–Crippen LogP) is 6.45. The third kappa shape index (κ3) is 16.3. The summed E-state index contributed by atoms with van der Waals surface area (Å²) in [5, 5.41) is 15.4. The van der Waals surface area contributed by atoms with Crippen LogP contribution < -0.4 is 47.9 Å². The number of esters is 1. The van der Waals surface area contributed by atoms with Crippen molar-refractivity contribution in [1.82, 2.24) is 21.3 Å². The standard InChI is InChI=1S/C53H71N7O7/c1-35(2)27-31-65-45-25-23-38-17-8-10-19-40(38)48(45)49-41-20-11-9-18-39(41)24-26-46(49)67-34-47(61)58-42(21-12-13-29-54)50(62)59-43(22-14-30-57-53(55)56)51(63)60-44(33-36(3)4)52(64)66-32-28-37-15-6-5-7-16-37/h5-11,15-20,23-26,35-36,42-44,53,57H,12-14,21-22,27-34,54-56H2,1-4H3,(H,58,61)(H,59,62)(H,60,63)/t42-,43-,44+/m1/s1. The van der Waals surface area contributed by atoms with Crippen molar-refractivity contribution >= 4 is 45.2 Å².